The molecule has 11 heteroatoms. The molecule has 0 fully saturated rings. The van der Waals surface area contributed by atoms with E-state index >= 15 is 0 Å². The van der Waals surface area contributed by atoms with Crippen LogP contribution in [0.25, 0.3) is 5.69 Å². The first-order chi connectivity index (χ1) is 12.9. The van der Waals surface area contributed by atoms with E-state index in [1.807, 2.05) is 0 Å². The van der Waals surface area contributed by atoms with Crippen molar-refractivity contribution in [3.63, 3.8) is 0 Å². The summed E-state index contributed by atoms with van der Waals surface area (Å²) in [7, 11) is -2.09. The summed E-state index contributed by atoms with van der Waals surface area (Å²) in [5.41, 5.74) is -0.226. The van der Waals surface area contributed by atoms with Crippen molar-refractivity contribution < 1.29 is 17.9 Å². The second-order valence-corrected chi connectivity index (χ2v) is 7.93. The van der Waals surface area contributed by atoms with Gasteiger partial charge in [0.05, 0.1) is 35.0 Å². The molecule has 1 aromatic heterocycles. The summed E-state index contributed by atoms with van der Waals surface area (Å²) in [4.78, 5) is 12.1. The highest BCUT2D eigenvalue weighted by molar-refractivity contribution is 7.89. The highest BCUT2D eigenvalue weighted by Crippen LogP contribution is 2.17. The number of halogens is 2. The lowest BCUT2D eigenvalue weighted by Crippen LogP contribution is -2.26. The van der Waals surface area contributed by atoms with Gasteiger partial charge in [0.2, 0.25) is 10.0 Å². The lowest BCUT2D eigenvalue weighted by molar-refractivity contribution is 0.0699. The number of nitrogens with zero attached hydrogens (tertiary/aromatic N) is 2. The van der Waals surface area contributed by atoms with Crippen LogP contribution in [0.4, 0.5) is 0 Å². The van der Waals surface area contributed by atoms with Crippen LogP contribution in [0.15, 0.2) is 40.2 Å². The first-order valence-electron chi connectivity index (χ1n) is 7.97. The van der Waals surface area contributed by atoms with Crippen LogP contribution >= 0.6 is 23.2 Å². The van der Waals surface area contributed by atoms with Crippen molar-refractivity contribution in [2.45, 2.75) is 11.3 Å². The maximum atomic E-state index is 12.3. The molecule has 27 heavy (non-hydrogen) atoms. The van der Waals surface area contributed by atoms with E-state index in [0.717, 1.165) is 4.68 Å². The van der Waals surface area contributed by atoms with Gasteiger partial charge in [-0.3, -0.25) is 4.79 Å². The number of hydrogen-bond donors (Lipinski definition) is 1. The fourth-order valence-electron chi connectivity index (χ4n) is 2.07. The van der Waals surface area contributed by atoms with Gasteiger partial charge in [0.15, 0.2) is 0 Å². The Morgan fingerprint density at radius 2 is 1.85 bits per heavy atom. The third kappa shape index (κ3) is 6.00. The molecule has 0 radical (unpaired) electrons. The molecule has 2 aromatic rings. The van der Waals surface area contributed by atoms with E-state index in [0.29, 0.717) is 31.9 Å². The molecular weight excluding hydrogens is 417 g/mol. The van der Waals surface area contributed by atoms with Gasteiger partial charge in [-0.15, -0.1) is 0 Å². The Hall–Kier alpha value is -1.49. The quantitative estimate of drug-likeness (QED) is 0.571. The van der Waals surface area contributed by atoms with Crippen molar-refractivity contribution >= 4 is 33.2 Å². The SMILES string of the molecule is COCCOCCCNS(=O)(=O)c1ccc(-n2ncc(Cl)c(Cl)c2=O)cc1. The molecule has 2 rings (SSSR count). The number of methoxy groups -OCH3 is 1. The van der Waals surface area contributed by atoms with E-state index in [4.69, 9.17) is 32.7 Å². The summed E-state index contributed by atoms with van der Waals surface area (Å²) in [5.74, 6) is 0. The number of ether oxygens (including phenoxy) is 2. The number of nitrogens with one attached hydrogen (secondary N) is 1. The van der Waals surface area contributed by atoms with Crippen LogP contribution in [-0.4, -0.2) is 51.7 Å². The highest BCUT2D eigenvalue weighted by Gasteiger charge is 2.14. The predicted molar refractivity (Wildman–Crippen MR) is 102 cm³/mol. The molecule has 0 bridgehead atoms. The van der Waals surface area contributed by atoms with Crippen molar-refractivity contribution in [2.24, 2.45) is 0 Å². The average Bonchev–Trinajstić information content (AvgIpc) is 2.66. The molecular formula is C16H19Cl2N3O5S. The first-order valence-corrected chi connectivity index (χ1v) is 10.2. The van der Waals surface area contributed by atoms with Crippen molar-refractivity contribution in [3.8, 4) is 5.69 Å². The van der Waals surface area contributed by atoms with Crippen molar-refractivity contribution in [1.29, 1.82) is 0 Å². The Bertz CT molecular complexity index is 917. The summed E-state index contributed by atoms with van der Waals surface area (Å²) in [6.45, 7) is 1.63. The molecule has 1 N–H and O–H groups in total. The summed E-state index contributed by atoms with van der Waals surface area (Å²) in [5, 5.41) is 3.79. The normalized spacial score (nSPS) is 11.7. The molecule has 0 atom stereocenters. The Morgan fingerprint density at radius 3 is 2.52 bits per heavy atom. The highest BCUT2D eigenvalue weighted by atomic mass is 35.5. The van der Waals surface area contributed by atoms with Gasteiger partial charge in [0, 0.05) is 20.3 Å². The topological polar surface area (TPSA) is 99.5 Å². The van der Waals surface area contributed by atoms with Gasteiger partial charge in [0.1, 0.15) is 5.02 Å². The minimum Gasteiger partial charge on any atom is -0.382 e. The molecule has 0 spiro atoms. The van der Waals surface area contributed by atoms with Crippen molar-refractivity contribution in [3.05, 3.63) is 50.9 Å². The van der Waals surface area contributed by atoms with Crippen LogP contribution in [0.5, 0.6) is 0 Å². The van der Waals surface area contributed by atoms with Crippen LogP contribution in [-0.2, 0) is 19.5 Å². The van der Waals surface area contributed by atoms with Crippen LogP contribution in [0.1, 0.15) is 6.42 Å². The van der Waals surface area contributed by atoms with E-state index in [1.54, 1.807) is 7.11 Å². The number of benzene rings is 1. The molecule has 0 unspecified atom stereocenters. The van der Waals surface area contributed by atoms with Crippen LogP contribution < -0.4 is 10.3 Å². The molecule has 148 valence electrons. The van der Waals surface area contributed by atoms with E-state index in [2.05, 4.69) is 9.82 Å². The van der Waals surface area contributed by atoms with Crippen LogP contribution in [0, 0.1) is 0 Å². The minimum atomic E-state index is -3.67. The lowest BCUT2D eigenvalue weighted by Gasteiger charge is -2.09. The molecule has 1 heterocycles. The summed E-state index contributed by atoms with van der Waals surface area (Å²) in [6, 6.07) is 5.68. The Morgan fingerprint density at radius 1 is 1.15 bits per heavy atom. The van der Waals surface area contributed by atoms with E-state index in [1.165, 1.54) is 30.5 Å². The van der Waals surface area contributed by atoms with Crippen molar-refractivity contribution in [1.82, 2.24) is 14.5 Å². The molecule has 0 saturated carbocycles. The van der Waals surface area contributed by atoms with Gasteiger partial charge in [-0.1, -0.05) is 23.2 Å². The maximum absolute atomic E-state index is 12.3. The molecule has 0 saturated heterocycles. The van der Waals surface area contributed by atoms with Gasteiger partial charge in [-0.2, -0.15) is 9.78 Å². The van der Waals surface area contributed by atoms with E-state index in [-0.39, 0.29) is 21.5 Å². The Balaban J connectivity index is 2.00. The molecule has 8 nitrogen and oxygen atoms in total. The smallest absolute Gasteiger partial charge is 0.291 e. The summed E-state index contributed by atoms with van der Waals surface area (Å²) < 4.78 is 38.2. The van der Waals surface area contributed by atoms with Gasteiger partial charge in [-0.25, -0.2) is 13.1 Å². The predicted octanol–water partition coefficient (Wildman–Crippen LogP) is 1.87. The number of hydrogen-bond acceptors (Lipinski definition) is 6. The zero-order valence-corrected chi connectivity index (χ0v) is 16.9. The summed E-state index contributed by atoms with van der Waals surface area (Å²) in [6.07, 6.45) is 1.77. The molecule has 0 amide bonds. The molecule has 0 aliphatic heterocycles. The number of rotatable bonds is 10. The second kappa shape index (κ2) is 10.2. The standard InChI is InChI=1S/C16H19Cl2N3O5S/c1-25-9-10-26-8-2-7-20-27(23,24)13-5-3-12(4-6-13)21-16(22)15(18)14(17)11-19-21/h3-6,11,20H,2,7-10H2,1H3. The fraction of sp³-hybridized carbons (Fsp3) is 0.375. The maximum Gasteiger partial charge on any atom is 0.291 e. The van der Waals surface area contributed by atoms with Crippen LogP contribution in [0.3, 0.4) is 0 Å². The van der Waals surface area contributed by atoms with E-state index < -0.39 is 15.6 Å². The van der Waals surface area contributed by atoms with Gasteiger partial charge in [0.25, 0.3) is 5.56 Å². The minimum absolute atomic E-state index is 0.0486. The zero-order valence-electron chi connectivity index (χ0n) is 14.5. The van der Waals surface area contributed by atoms with Gasteiger partial charge in [-0.05, 0) is 30.7 Å². The summed E-state index contributed by atoms with van der Waals surface area (Å²) >= 11 is 11.6. The third-order valence-corrected chi connectivity index (χ3v) is 5.68. The van der Waals surface area contributed by atoms with Gasteiger partial charge < -0.3 is 9.47 Å². The molecule has 1 aromatic carbocycles. The zero-order chi connectivity index (χ0) is 19.9. The second-order valence-electron chi connectivity index (χ2n) is 5.37. The number of sulfonamides is 1. The third-order valence-electron chi connectivity index (χ3n) is 3.46. The van der Waals surface area contributed by atoms with Crippen LogP contribution in [0.2, 0.25) is 10.0 Å². The Labute approximate surface area is 167 Å². The largest absolute Gasteiger partial charge is 0.382 e. The lowest BCUT2D eigenvalue weighted by atomic mass is 10.3. The monoisotopic (exact) mass is 435 g/mol. The van der Waals surface area contributed by atoms with E-state index in [9.17, 15) is 13.2 Å². The number of aromatic nitrogens is 2. The molecule has 0 aliphatic rings. The molecule has 0 aliphatic carbocycles. The Kier molecular flexibility index (Phi) is 8.21. The van der Waals surface area contributed by atoms with Gasteiger partial charge >= 0.3 is 0 Å². The average molecular weight is 436 g/mol. The van der Waals surface area contributed by atoms with Crippen molar-refractivity contribution in [2.75, 3.05) is 33.5 Å². The first kappa shape index (κ1) is 21.8. The fourth-order valence-corrected chi connectivity index (χ4v) is 3.40.